The summed E-state index contributed by atoms with van der Waals surface area (Å²) in [6.07, 6.45) is 6.58. The normalized spacial score (nSPS) is 13.1. The topological polar surface area (TPSA) is 112 Å². The van der Waals surface area contributed by atoms with Crippen molar-refractivity contribution in [2.24, 2.45) is 7.05 Å². The number of halogens is 2. The molecule has 3 heterocycles. The van der Waals surface area contributed by atoms with Gasteiger partial charge in [0.15, 0.2) is 5.82 Å². The fourth-order valence-corrected chi connectivity index (χ4v) is 4.60. The van der Waals surface area contributed by atoms with Gasteiger partial charge in [-0.2, -0.15) is 10.1 Å². The van der Waals surface area contributed by atoms with Crippen molar-refractivity contribution in [3.05, 3.63) is 95.5 Å². The highest BCUT2D eigenvalue weighted by molar-refractivity contribution is 6.03. The summed E-state index contributed by atoms with van der Waals surface area (Å²) in [6.45, 7) is 2.44. The molecule has 1 aliphatic heterocycles. The van der Waals surface area contributed by atoms with Crippen molar-refractivity contribution in [3.8, 4) is 0 Å². The summed E-state index contributed by atoms with van der Waals surface area (Å²) in [6, 6.07) is 9.56. The van der Waals surface area contributed by atoms with E-state index in [1.54, 1.807) is 54.5 Å². The third kappa shape index (κ3) is 6.84. The number of fused-ring (bicyclic) bond motifs is 1. The Morgan fingerprint density at radius 2 is 1.98 bits per heavy atom. The maximum Gasteiger partial charge on any atom is 0.330 e. The molecule has 1 aliphatic rings. The van der Waals surface area contributed by atoms with Crippen LogP contribution in [0.15, 0.2) is 67.0 Å². The summed E-state index contributed by atoms with van der Waals surface area (Å²) in [5.74, 6) is -1.19. The van der Waals surface area contributed by atoms with Crippen LogP contribution in [0.2, 0.25) is 0 Å². The fourth-order valence-electron chi connectivity index (χ4n) is 4.60. The minimum atomic E-state index is -0.750. The predicted molar refractivity (Wildman–Crippen MR) is 159 cm³/mol. The van der Waals surface area contributed by atoms with Crippen LogP contribution >= 0.6 is 0 Å². The van der Waals surface area contributed by atoms with Gasteiger partial charge in [-0.15, -0.1) is 0 Å². The molecule has 3 amide bonds. The summed E-state index contributed by atoms with van der Waals surface area (Å²) < 4.78 is 29.8. The zero-order valence-electron chi connectivity index (χ0n) is 24.2. The molecule has 0 atom stereocenters. The van der Waals surface area contributed by atoms with Gasteiger partial charge in [-0.05, 0) is 45.3 Å². The Hall–Kier alpha value is -5.17. The van der Waals surface area contributed by atoms with Gasteiger partial charge in [0, 0.05) is 54.9 Å². The van der Waals surface area contributed by atoms with Crippen molar-refractivity contribution in [3.63, 3.8) is 0 Å². The summed E-state index contributed by atoms with van der Waals surface area (Å²) in [7, 11) is 5.60. The number of aryl methyl sites for hydroxylation is 2. The van der Waals surface area contributed by atoms with Gasteiger partial charge >= 0.3 is 6.03 Å². The SMILES string of the molecule is Cc1nn(C)cc1Nc1ncc2c(n1)N(c1cccc(NC(=O)/C=C/CN(C)C)c1)C(=O)N(Cc1ccc(F)cc1F)C2. The third-order valence-corrected chi connectivity index (χ3v) is 6.62. The van der Waals surface area contributed by atoms with Gasteiger partial charge in [0.1, 0.15) is 11.6 Å². The number of aromatic nitrogens is 4. The van der Waals surface area contributed by atoms with Gasteiger partial charge in [-0.1, -0.05) is 18.2 Å². The third-order valence-electron chi connectivity index (χ3n) is 6.62. The number of likely N-dealkylation sites (N-methyl/N-ethyl adjacent to an activating group) is 1. The van der Waals surface area contributed by atoms with E-state index in [0.29, 0.717) is 35.0 Å². The minimum Gasteiger partial charge on any atom is -0.322 e. The van der Waals surface area contributed by atoms with E-state index in [1.165, 1.54) is 21.9 Å². The Morgan fingerprint density at radius 3 is 2.70 bits per heavy atom. The summed E-state index contributed by atoms with van der Waals surface area (Å²) >= 11 is 0. The molecule has 0 fully saturated rings. The van der Waals surface area contributed by atoms with Crippen LogP contribution in [0.3, 0.4) is 0 Å². The van der Waals surface area contributed by atoms with Crippen LogP contribution in [0, 0.1) is 18.6 Å². The number of carbonyl (C=O) groups excluding carboxylic acids is 2. The van der Waals surface area contributed by atoms with E-state index in [4.69, 9.17) is 0 Å². The lowest BCUT2D eigenvalue weighted by molar-refractivity contribution is -0.111. The van der Waals surface area contributed by atoms with E-state index in [1.807, 2.05) is 25.9 Å². The smallest absolute Gasteiger partial charge is 0.322 e. The lowest BCUT2D eigenvalue weighted by Gasteiger charge is -2.36. The number of nitrogens with zero attached hydrogens (tertiary/aromatic N) is 7. The van der Waals surface area contributed by atoms with E-state index in [-0.39, 0.29) is 30.5 Å². The number of rotatable bonds is 9. The van der Waals surface area contributed by atoms with Crippen LogP contribution < -0.4 is 15.5 Å². The molecule has 0 saturated carbocycles. The Morgan fingerprint density at radius 1 is 1.16 bits per heavy atom. The molecule has 13 heteroatoms. The van der Waals surface area contributed by atoms with E-state index in [9.17, 15) is 18.4 Å². The number of urea groups is 1. The van der Waals surface area contributed by atoms with E-state index in [0.717, 1.165) is 17.8 Å². The first-order chi connectivity index (χ1) is 20.6. The molecule has 2 N–H and O–H groups in total. The zero-order valence-corrected chi connectivity index (χ0v) is 24.2. The van der Waals surface area contributed by atoms with Crippen LogP contribution in [0.25, 0.3) is 0 Å². The van der Waals surface area contributed by atoms with Gasteiger partial charge in [0.05, 0.1) is 30.2 Å². The molecule has 0 radical (unpaired) electrons. The largest absolute Gasteiger partial charge is 0.330 e. The van der Waals surface area contributed by atoms with Crippen molar-refractivity contribution in [1.82, 2.24) is 29.5 Å². The van der Waals surface area contributed by atoms with Crippen molar-refractivity contribution in [2.75, 3.05) is 36.2 Å². The summed E-state index contributed by atoms with van der Waals surface area (Å²) in [4.78, 5) is 40.4. The molecule has 0 spiro atoms. The molecule has 0 saturated heterocycles. The van der Waals surface area contributed by atoms with Crippen molar-refractivity contribution in [2.45, 2.75) is 20.0 Å². The average Bonchev–Trinajstić information content (AvgIpc) is 3.26. The molecule has 0 unspecified atom stereocenters. The van der Waals surface area contributed by atoms with Crippen LogP contribution in [0.4, 0.5) is 42.4 Å². The van der Waals surface area contributed by atoms with E-state index < -0.39 is 17.7 Å². The lowest BCUT2D eigenvalue weighted by atomic mass is 10.1. The standard InChI is InChI=1S/C30H31F2N9O2/c1-19-26(18-39(4)37-19)35-29-33-15-21-17-40(16-20-10-11-22(31)13-25(20)32)30(43)41(28(21)36-29)24-8-5-7-23(14-24)34-27(42)9-6-12-38(2)3/h5-11,13-15,18H,12,16-17H2,1-4H3,(H,34,42)(H,33,35,36)/b9-6+. The number of nitrogens with one attached hydrogen (secondary N) is 2. The lowest BCUT2D eigenvalue weighted by Crippen LogP contribution is -2.45. The Balaban J connectivity index is 1.50. The minimum absolute atomic E-state index is 0.0980. The Kier molecular flexibility index (Phi) is 8.44. The van der Waals surface area contributed by atoms with Crippen LogP contribution in [-0.4, -0.2) is 62.1 Å². The Bertz CT molecular complexity index is 1700. The molecule has 11 nitrogen and oxygen atoms in total. The second-order valence-corrected chi connectivity index (χ2v) is 10.4. The maximum absolute atomic E-state index is 14.6. The van der Waals surface area contributed by atoms with Gasteiger partial charge in [0.2, 0.25) is 11.9 Å². The molecule has 5 rings (SSSR count). The number of carbonyl (C=O) groups is 2. The zero-order chi connectivity index (χ0) is 30.7. The molecule has 2 aromatic heterocycles. The molecule has 4 aromatic rings. The molecular formula is C30H31F2N9O2. The number of amides is 3. The first-order valence-corrected chi connectivity index (χ1v) is 13.5. The maximum atomic E-state index is 14.6. The molecule has 222 valence electrons. The molecular weight excluding hydrogens is 556 g/mol. The van der Waals surface area contributed by atoms with Gasteiger partial charge in [0.25, 0.3) is 0 Å². The van der Waals surface area contributed by atoms with Crippen molar-refractivity contribution in [1.29, 1.82) is 0 Å². The predicted octanol–water partition coefficient (Wildman–Crippen LogP) is 4.87. The second kappa shape index (κ2) is 12.4. The Labute approximate surface area is 247 Å². The highest BCUT2D eigenvalue weighted by atomic mass is 19.1. The highest BCUT2D eigenvalue weighted by Gasteiger charge is 2.34. The molecule has 0 bridgehead atoms. The van der Waals surface area contributed by atoms with Gasteiger partial charge in [-0.25, -0.2) is 23.5 Å². The average molecular weight is 588 g/mol. The van der Waals surface area contributed by atoms with Gasteiger partial charge in [-0.3, -0.25) is 9.48 Å². The molecule has 0 aliphatic carbocycles. The fraction of sp³-hybridized carbons (Fsp3) is 0.233. The van der Waals surface area contributed by atoms with E-state index >= 15 is 0 Å². The van der Waals surface area contributed by atoms with Crippen molar-refractivity contribution < 1.29 is 18.4 Å². The van der Waals surface area contributed by atoms with E-state index in [2.05, 4.69) is 25.7 Å². The van der Waals surface area contributed by atoms with Crippen LogP contribution in [0.1, 0.15) is 16.8 Å². The van der Waals surface area contributed by atoms with Crippen LogP contribution in [0.5, 0.6) is 0 Å². The van der Waals surface area contributed by atoms with Crippen LogP contribution in [-0.2, 0) is 24.9 Å². The monoisotopic (exact) mass is 587 g/mol. The second-order valence-electron chi connectivity index (χ2n) is 10.4. The summed E-state index contributed by atoms with van der Waals surface area (Å²) in [5.41, 5.74) is 3.11. The summed E-state index contributed by atoms with van der Waals surface area (Å²) in [5, 5.41) is 10.3. The number of hydrogen-bond donors (Lipinski definition) is 2. The number of anilines is 5. The quantitative estimate of drug-likeness (QED) is 0.269. The van der Waals surface area contributed by atoms with Crippen molar-refractivity contribution >= 4 is 40.8 Å². The first kappa shape index (κ1) is 29.3. The first-order valence-electron chi connectivity index (χ1n) is 13.5. The number of benzene rings is 2. The molecule has 43 heavy (non-hydrogen) atoms. The number of hydrogen-bond acceptors (Lipinski definition) is 7. The van der Waals surface area contributed by atoms with Gasteiger partial charge < -0.3 is 20.4 Å². The molecule has 2 aromatic carbocycles. The highest BCUT2D eigenvalue weighted by Crippen LogP contribution is 2.36.